The molecule has 1 atom stereocenters. The van der Waals surface area contributed by atoms with E-state index < -0.39 is 6.04 Å². The Morgan fingerprint density at radius 2 is 1.92 bits per heavy atom. The highest BCUT2D eigenvalue weighted by atomic mass is 79.9. The molecule has 2 amide bonds. The van der Waals surface area contributed by atoms with Gasteiger partial charge < -0.3 is 10.2 Å². The molecule has 0 aromatic heterocycles. The fraction of sp³-hybridized carbons (Fsp3) is 0.300. The smallest absolute Gasteiger partial charge is 0.242 e. The Bertz CT molecular complexity index is 782. The number of hydrogen-bond acceptors (Lipinski definition) is 2. The molecule has 0 fully saturated rings. The molecule has 138 valence electrons. The summed E-state index contributed by atoms with van der Waals surface area (Å²) in [5.74, 6) is -0.313. The molecule has 4 nitrogen and oxygen atoms in total. The van der Waals surface area contributed by atoms with Crippen LogP contribution in [0, 0.1) is 0 Å². The Hall–Kier alpha value is -1.85. The summed E-state index contributed by atoms with van der Waals surface area (Å²) in [5.41, 5.74) is 1.70. The van der Waals surface area contributed by atoms with Gasteiger partial charge in [0.05, 0.1) is 6.42 Å². The standard InChI is InChI=1S/C20H22BrClN2O2/c1-3-23-20(26)14(2)24(13-15-7-6-9-17(21)11-15)19(25)12-16-8-4-5-10-18(16)22/h4-11,14H,3,12-13H2,1-2H3,(H,23,26)/t14-/m1/s1. The lowest BCUT2D eigenvalue weighted by molar-refractivity contribution is -0.140. The zero-order valence-corrected chi connectivity index (χ0v) is 17.2. The van der Waals surface area contributed by atoms with Crippen molar-refractivity contribution in [2.24, 2.45) is 0 Å². The van der Waals surface area contributed by atoms with E-state index in [1.165, 1.54) is 0 Å². The van der Waals surface area contributed by atoms with E-state index in [1.807, 2.05) is 49.4 Å². The fourth-order valence-corrected chi connectivity index (χ4v) is 3.29. The second-order valence-corrected chi connectivity index (χ2v) is 7.31. The second kappa shape index (κ2) is 9.74. The zero-order valence-electron chi connectivity index (χ0n) is 14.8. The number of likely N-dealkylation sites (N-methyl/N-ethyl adjacent to an activating group) is 1. The predicted octanol–water partition coefficient (Wildman–Crippen LogP) is 4.20. The SMILES string of the molecule is CCNC(=O)[C@@H](C)N(Cc1cccc(Br)c1)C(=O)Cc1ccccc1Cl. The third-order valence-electron chi connectivity index (χ3n) is 4.06. The van der Waals surface area contributed by atoms with Gasteiger partial charge >= 0.3 is 0 Å². The maximum absolute atomic E-state index is 13.0. The van der Waals surface area contributed by atoms with Crippen LogP contribution < -0.4 is 5.32 Å². The van der Waals surface area contributed by atoms with E-state index in [4.69, 9.17) is 11.6 Å². The van der Waals surface area contributed by atoms with Crippen molar-refractivity contribution in [3.8, 4) is 0 Å². The van der Waals surface area contributed by atoms with Gasteiger partial charge in [0, 0.05) is 22.6 Å². The molecule has 1 N–H and O–H groups in total. The Labute approximate surface area is 167 Å². The topological polar surface area (TPSA) is 49.4 Å². The molecule has 26 heavy (non-hydrogen) atoms. The summed E-state index contributed by atoms with van der Waals surface area (Å²) in [7, 11) is 0. The molecule has 2 aromatic rings. The number of nitrogens with zero attached hydrogens (tertiary/aromatic N) is 1. The highest BCUT2D eigenvalue weighted by Gasteiger charge is 2.26. The number of rotatable bonds is 7. The van der Waals surface area contributed by atoms with Gasteiger partial charge in [-0.25, -0.2) is 0 Å². The normalized spacial score (nSPS) is 11.7. The van der Waals surface area contributed by atoms with Gasteiger partial charge in [0.15, 0.2) is 0 Å². The van der Waals surface area contributed by atoms with Gasteiger partial charge in [-0.15, -0.1) is 0 Å². The minimum atomic E-state index is -0.580. The first-order valence-electron chi connectivity index (χ1n) is 8.47. The van der Waals surface area contributed by atoms with Gasteiger partial charge in [0.2, 0.25) is 11.8 Å². The minimum absolute atomic E-state index is 0.142. The molecule has 0 aliphatic carbocycles. The number of hydrogen-bond donors (Lipinski definition) is 1. The lowest BCUT2D eigenvalue weighted by Crippen LogP contribution is -2.48. The number of carbonyl (C=O) groups is 2. The highest BCUT2D eigenvalue weighted by molar-refractivity contribution is 9.10. The zero-order chi connectivity index (χ0) is 19.1. The summed E-state index contributed by atoms with van der Waals surface area (Å²) >= 11 is 9.63. The van der Waals surface area contributed by atoms with Crippen molar-refractivity contribution < 1.29 is 9.59 Å². The van der Waals surface area contributed by atoms with Crippen LogP contribution in [0.3, 0.4) is 0 Å². The van der Waals surface area contributed by atoms with Gasteiger partial charge in [-0.1, -0.05) is 57.9 Å². The van der Waals surface area contributed by atoms with Gasteiger partial charge in [-0.2, -0.15) is 0 Å². The molecular weight excluding hydrogens is 416 g/mol. The molecule has 0 unspecified atom stereocenters. The molecule has 0 bridgehead atoms. The van der Waals surface area contributed by atoms with Crippen LogP contribution in [0.15, 0.2) is 53.0 Å². The number of halogens is 2. The van der Waals surface area contributed by atoms with Crippen LogP contribution in [0.1, 0.15) is 25.0 Å². The Balaban J connectivity index is 2.25. The van der Waals surface area contributed by atoms with Gasteiger partial charge in [0.1, 0.15) is 6.04 Å². The molecule has 0 saturated carbocycles. The van der Waals surface area contributed by atoms with Crippen molar-refractivity contribution in [1.29, 1.82) is 0 Å². The van der Waals surface area contributed by atoms with Crippen molar-refractivity contribution in [3.63, 3.8) is 0 Å². The quantitative estimate of drug-likeness (QED) is 0.706. The summed E-state index contributed by atoms with van der Waals surface area (Å²) in [6.07, 6.45) is 0.150. The third kappa shape index (κ3) is 5.58. The van der Waals surface area contributed by atoms with Crippen LogP contribution >= 0.6 is 27.5 Å². The summed E-state index contributed by atoms with van der Waals surface area (Å²) in [6.45, 7) is 4.47. The van der Waals surface area contributed by atoms with Crippen LogP contribution in [0.4, 0.5) is 0 Å². The van der Waals surface area contributed by atoms with Gasteiger partial charge in [-0.05, 0) is 43.2 Å². The van der Waals surface area contributed by atoms with E-state index >= 15 is 0 Å². The molecule has 0 spiro atoms. The van der Waals surface area contributed by atoms with Crippen molar-refractivity contribution in [1.82, 2.24) is 10.2 Å². The number of carbonyl (C=O) groups excluding carboxylic acids is 2. The highest BCUT2D eigenvalue weighted by Crippen LogP contribution is 2.19. The molecule has 0 radical (unpaired) electrons. The first kappa shape index (κ1) is 20.5. The van der Waals surface area contributed by atoms with Crippen molar-refractivity contribution in [2.45, 2.75) is 32.9 Å². The van der Waals surface area contributed by atoms with E-state index in [-0.39, 0.29) is 18.2 Å². The maximum atomic E-state index is 13.0. The van der Waals surface area contributed by atoms with Crippen molar-refractivity contribution in [3.05, 3.63) is 69.2 Å². The molecule has 2 rings (SSSR count). The number of benzene rings is 2. The lowest BCUT2D eigenvalue weighted by atomic mass is 10.1. The average molecular weight is 438 g/mol. The largest absolute Gasteiger partial charge is 0.355 e. The molecule has 6 heteroatoms. The van der Waals surface area contributed by atoms with Crippen LogP contribution in [0.25, 0.3) is 0 Å². The van der Waals surface area contributed by atoms with Crippen LogP contribution in [-0.2, 0) is 22.6 Å². The Kier molecular flexibility index (Phi) is 7.66. The molecular formula is C20H22BrClN2O2. The third-order valence-corrected chi connectivity index (χ3v) is 4.92. The molecule has 0 aliphatic heterocycles. The molecule has 2 aromatic carbocycles. The first-order valence-corrected chi connectivity index (χ1v) is 9.64. The van der Waals surface area contributed by atoms with E-state index in [0.717, 1.165) is 15.6 Å². The Morgan fingerprint density at radius 3 is 2.58 bits per heavy atom. The average Bonchev–Trinajstić information content (AvgIpc) is 2.61. The van der Waals surface area contributed by atoms with Crippen molar-refractivity contribution in [2.75, 3.05) is 6.54 Å². The van der Waals surface area contributed by atoms with Crippen molar-refractivity contribution >= 4 is 39.3 Å². The lowest BCUT2D eigenvalue weighted by Gasteiger charge is -2.29. The summed E-state index contributed by atoms with van der Waals surface area (Å²) < 4.78 is 0.930. The minimum Gasteiger partial charge on any atom is -0.355 e. The fourth-order valence-electron chi connectivity index (χ4n) is 2.64. The molecule has 0 saturated heterocycles. The van der Waals surface area contributed by atoms with Crippen LogP contribution in [0.5, 0.6) is 0 Å². The summed E-state index contributed by atoms with van der Waals surface area (Å²) in [6, 6.07) is 14.4. The van der Waals surface area contributed by atoms with E-state index in [1.54, 1.807) is 17.9 Å². The Morgan fingerprint density at radius 1 is 1.19 bits per heavy atom. The maximum Gasteiger partial charge on any atom is 0.242 e. The number of amides is 2. The van der Waals surface area contributed by atoms with E-state index in [0.29, 0.717) is 18.1 Å². The van der Waals surface area contributed by atoms with E-state index in [9.17, 15) is 9.59 Å². The summed E-state index contributed by atoms with van der Waals surface area (Å²) in [5, 5.41) is 3.33. The van der Waals surface area contributed by atoms with E-state index in [2.05, 4.69) is 21.2 Å². The second-order valence-electron chi connectivity index (χ2n) is 5.99. The van der Waals surface area contributed by atoms with Gasteiger partial charge in [0.25, 0.3) is 0 Å². The monoisotopic (exact) mass is 436 g/mol. The first-order chi connectivity index (χ1) is 12.4. The number of nitrogens with one attached hydrogen (secondary N) is 1. The molecule has 0 heterocycles. The van der Waals surface area contributed by atoms with Crippen LogP contribution in [-0.4, -0.2) is 29.3 Å². The van der Waals surface area contributed by atoms with Crippen LogP contribution in [0.2, 0.25) is 5.02 Å². The predicted molar refractivity (Wildman–Crippen MR) is 108 cm³/mol. The van der Waals surface area contributed by atoms with Gasteiger partial charge in [-0.3, -0.25) is 9.59 Å². The molecule has 0 aliphatic rings. The summed E-state index contributed by atoms with van der Waals surface area (Å²) in [4.78, 5) is 26.9.